The van der Waals surface area contributed by atoms with Gasteiger partial charge in [0, 0.05) is 51.2 Å². The highest BCUT2D eigenvalue weighted by molar-refractivity contribution is 6.03. The summed E-state index contributed by atoms with van der Waals surface area (Å²) in [4.78, 5) is 16.0. The highest BCUT2D eigenvalue weighted by atomic mass is 16.3. The van der Waals surface area contributed by atoms with Gasteiger partial charge in [0.2, 0.25) is 0 Å². The van der Waals surface area contributed by atoms with Crippen molar-refractivity contribution in [3.8, 4) is 0 Å². The van der Waals surface area contributed by atoms with Crippen molar-refractivity contribution >= 4 is 29.0 Å². The Morgan fingerprint density at radius 1 is 0.815 bits per heavy atom. The van der Waals surface area contributed by atoms with Gasteiger partial charge in [-0.2, -0.15) is 0 Å². The van der Waals surface area contributed by atoms with E-state index in [4.69, 9.17) is 0 Å². The number of hydrogen-bond acceptors (Lipinski definition) is 4. The van der Waals surface area contributed by atoms with Gasteiger partial charge in [0.15, 0.2) is 5.78 Å². The third-order valence-electron chi connectivity index (χ3n) is 4.03. The summed E-state index contributed by atoms with van der Waals surface area (Å²) >= 11 is 0. The summed E-state index contributed by atoms with van der Waals surface area (Å²) in [6, 6.07) is 15.5. The highest BCUT2D eigenvalue weighted by Crippen LogP contribution is 2.17. The van der Waals surface area contributed by atoms with E-state index in [0.29, 0.717) is 5.56 Å². The topological polar surface area (TPSA) is 43.8 Å². The molecule has 0 aromatic heterocycles. The molecule has 0 radical (unpaired) electrons. The van der Waals surface area contributed by atoms with Gasteiger partial charge in [0.25, 0.3) is 0 Å². The van der Waals surface area contributed by atoms with Gasteiger partial charge in [-0.25, -0.2) is 0 Å². The van der Waals surface area contributed by atoms with Gasteiger partial charge >= 0.3 is 0 Å². The molecule has 0 fully saturated rings. The maximum absolute atomic E-state index is 12.0. The largest absolute Gasteiger partial charge is 0.507 e. The first-order valence-electron chi connectivity index (χ1n) is 8.71. The fraction of sp³-hybridized carbons (Fsp3) is 0.174. The first kappa shape index (κ1) is 20.0. The second-order valence-corrected chi connectivity index (χ2v) is 6.58. The van der Waals surface area contributed by atoms with E-state index in [1.807, 2.05) is 80.5 Å². The third-order valence-corrected chi connectivity index (χ3v) is 4.03. The Morgan fingerprint density at radius 3 is 1.85 bits per heavy atom. The molecule has 0 aliphatic rings. The van der Waals surface area contributed by atoms with Gasteiger partial charge in [-0.15, -0.1) is 0 Å². The van der Waals surface area contributed by atoms with E-state index in [1.165, 1.54) is 12.2 Å². The lowest BCUT2D eigenvalue weighted by molar-refractivity contribution is -0.110. The lowest BCUT2D eigenvalue weighted by Gasteiger charge is -2.12. The number of aliphatic hydroxyl groups excluding tert-OH is 1. The molecule has 0 atom stereocenters. The van der Waals surface area contributed by atoms with Crippen LogP contribution in [0.4, 0.5) is 11.4 Å². The average Bonchev–Trinajstić information content (AvgIpc) is 2.65. The van der Waals surface area contributed by atoms with Gasteiger partial charge in [-0.3, -0.25) is 4.79 Å². The molecule has 0 saturated carbocycles. The van der Waals surface area contributed by atoms with E-state index in [9.17, 15) is 9.90 Å². The summed E-state index contributed by atoms with van der Waals surface area (Å²) in [7, 11) is 7.89. The summed E-state index contributed by atoms with van der Waals surface area (Å²) in [5.74, 6) is -0.310. The smallest absolute Gasteiger partial charge is 0.182 e. The molecule has 2 aromatic rings. The summed E-state index contributed by atoms with van der Waals surface area (Å²) in [5.41, 5.74) is 3.83. The molecule has 27 heavy (non-hydrogen) atoms. The van der Waals surface area contributed by atoms with Gasteiger partial charge in [0.1, 0.15) is 5.76 Å². The molecule has 4 nitrogen and oxygen atoms in total. The van der Waals surface area contributed by atoms with Crippen LogP contribution in [-0.4, -0.2) is 39.1 Å². The second-order valence-electron chi connectivity index (χ2n) is 6.58. The highest BCUT2D eigenvalue weighted by Gasteiger charge is 2.02. The number of carbonyl (C=O) groups excluding carboxylic acids is 1. The van der Waals surface area contributed by atoms with Crippen LogP contribution in [0.5, 0.6) is 0 Å². The van der Waals surface area contributed by atoms with E-state index in [-0.39, 0.29) is 11.5 Å². The SMILES string of the molecule is CN(C)c1ccc(/C=C/C=C/C(=O)C=C(O)c2ccc(N(C)C)cc2)cc1. The van der Waals surface area contributed by atoms with Crippen LogP contribution in [0.25, 0.3) is 11.8 Å². The van der Waals surface area contributed by atoms with Gasteiger partial charge in [-0.05, 0) is 48.0 Å². The number of anilines is 2. The fourth-order valence-corrected chi connectivity index (χ4v) is 2.40. The number of nitrogens with zero attached hydrogens (tertiary/aromatic N) is 2. The Bertz CT molecular complexity index is 843. The molecular formula is C23H26N2O2. The molecule has 1 N–H and O–H groups in total. The fourth-order valence-electron chi connectivity index (χ4n) is 2.40. The molecule has 2 aromatic carbocycles. The maximum Gasteiger partial charge on any atom is 0.182 e. The molecule has 2 rings (SSSR count). The Morgan fingerprint density at radius 2 is 1.33 bits per heavy atom. The van der Waals surface area contributed by atoms with E-state index in [2.05, 4.69) is 0 Å². The van der Waals surface area contributed by atoms with Crippen LogP contribution in [0, 0.1) is 0 Å². The molecule has 140 valence electrons. The number of ketones is 1. The van der Waals surface area contributed by atoms with Crippen molar-refractivity contribution in [2.24, 2.45) is 0 Å². The van der Waals surface area contributed by atoms with E-state index >= 15 is 0 Å². The van der Waals surface area contributed by atoms with Gasteiger partial charge < -0.3 is 14.9 Å². The van der Waals surface area contributed by atoms with E-state index in [0.717, 1.165) is 16.9 Å². The van der Waals surface area contributed by atoms with Crippen LogP contribution in [0.2, 0.25) is 0 Å². The number of benzene rings is 2. The Kier molecular flexibility index (Phi) is 7.00. The third kappa shape index (κ3) is 6.19. The molecule has 0 saturated heterocycles. The molecule has 0 unspecified atom stereocenters. The normalized spacial score (nSPS) is 11.9. The van der Waals surface area contributed by atoms with Crippen LogP contribution in [0.3, 0.4) is 0 Å². The molecule has 4 heteroatoms. The number of allylic oxidation sites excluding steroid dienone is 4. The minimum Gasteiger partial charge on any atom is -0.507 e. The predicted octanol–water partition coefficient (Wildman–Crippen LogP) is 4.56. The minimum atomic E-state index is -0.267. The lowest BCUT2D eigenvalue weighted by Crippen LogP contribution is -2.08. The van der Waals surface area contributed by atoms with Crippen molar-refractivity contribution in [1.82, 2.24) is 0 Å². The summed E-state index contributed by atoms with van der Waals surface area (Å²) in [6.45, 7) is 0. The number of carbonyl (C=O) groups is 1. The minimum absolute atomic E-state index is 0.0433. The molecule has 0 bridgehead atoms. The van der Waals surface area contributed by atoms with Gasteiger partial charge in [0.05, 0.1) is 0 Å². The average molecular weight is 362 g/mol. The monoisotopic (exact) mass is 362 g/mol. The Balaban J connectivity index is 1.96. The first-order chi connectivity index (χ1) is 12.9. The van der Waals surface area contributed by atoms with E-state index in [1.54, 1.807) is 24.3 Å². The Labute approximate surface area is 161 Å². The molecule has 0 spiro atoms. The zero-order valence-electron chi connectivity index (χ0n) is 16.3. The zero-order valence-corrected chi connectivity index (χ0v) is 16.3. The molecular weight excluding hydrogens is 336 g/mol. The number of rotatable bonds is 7. The molecule has 0 aliphatic carbocycles. The molecule has 0 aliphatic heterocycles. The van der Waals surface area contributed by atoms with Crippen LogP contribution >= 0.6 is 0 Å². The summed E-state index contributed by atoms with van der Waals surface area (Å²) in [5, 5.41) is 10.1. The number of aliphatic hydroxyl groups is 1. The first-order valence-corrected chi connectivity index (χ1v) is 8.71. The standard InChI is InChI=1S/C23H26N2O2/c1-24(2)20-13-9-18(10-14-20)7-5-6-8-22(26)17-23(27)19-11-15-21(16-12-19)25(3)4/h5-17,27H,1-4H3/b7-5+,8-6+,23-17?. The van der Waals surface area contributed by atoms with Crippen LogP contribution < -0.4 is 9.80 Å². The van der Waals surface area contributed by atoms with E-state index < -0.39 is 0 Å². The van der Waals surface area contributed by atoms with Crippen LogP contribution in [0.1, 0.15) is 11.1 Å². The van der Waals surface area contributed by atoms with Crippen molar-refractivity contribution in [2.75, 3.05) is 38.0 Å². The predicted molar refractivity (Wildman–Crippen MR) is 115 cm³/mol. The molecule has 0 heterocycles. The van der Waals surface area contributed by atoms with Crippen molar-refractivity contribution < 1.29 is 9.90 Å². The second kappa shape index (κ2) is 9.43. The van der Waals surface area contributed by atoms with Crippen molar-refractivity contribution in [3.05, 3.63) is 84.0 Å². The number of hydrogen-bond donors (Lipinski definition) is 1. The van der Waals surface area contributed by atoms with Crippen molar-refractivity contribution in [3.63, 3.8) is 0 Å². The Hall–Kier alpha value is -3.27. The van der Waals surface area contributed by atoms with Crippen molar-refractivity contribution in [1.29, 1.82) is 0 Å². The maximum atomic E-state index is 12.0. The van der Waals surface area contributed by atoms with Crippen LogP contribution in [-0.2, 0) is 4.79 Å². The summed E-state index contributed by atoms with van der Waals surface area (Å²) < 4.78 is 0. The zero-order chi connectivity index (χ0) is 19.8. The van der Waals surface area contributed by atoms with Crippen molar-refractivity contribution in [2.45, 2.75) is 0 Å². The summed E-state index contributed by atoms with van der Waals surface area (Å²) in [6.07, 6.45) is 8.04. The van der Waals surface area contributed by atoms with Gasteiger partial charge in [-0.1, -0.05) is 30.4 Å². The lowest BCUT2D eigenvalue weighted by atomic mass is 10.1. The molecule has 0 amide bonds. The quantitative estimate of drug-likeness (QED) is 0.446. The van der Waals surface area contributed by atoms with Crippen LogP contribution in [0.15, 0.2) is 72.8 Å².